The SMILES string of the molecule is CC(C)N(Cc1ccccc1N)C(=O)c1ccc(Br)o1. The molecule has 0 saturated heterocycles. The van der Waals surface area contributed by atoms with Crippen LogP contribution >= 0.6 is 15.9 Å². The first-order valence-corrected chi connectivity index (χ1v) is 7.18. The third-order valence-electron chi connectivity index (χ3n) is 3.06. The molecule has 1 aromatic heterocycles. The smallest absolute Gasteiger partial charge is 0.290 e. The number of carbonyl (C=O) groups excluding carboxylic acids is 1. The second kappa shape index (κ2) is 6.13. The molecule has 5 heteroatoms. The largest absolute Gasteiger partial charge is 0.444 e. The maximum absolute atomic E-state index is 12.5. The molecule has 1 heterocycles. The highest BCUT2D eigenvalue weighted by molar-refractivity contribution is 9.10. The van der Waals surface area contributed by atoms with Crippen LogP contribution in [0.25, 0.3) is 0 Å². The number of hydrogen-bond acceptors (Lipinski definition) is 3. The van der Waals surface area contributed by atoms with Crippen LogP contribution in [0.15, 0.2) is 45.5 Å². The van der Waals surface area contributed by atoms with E-state index >= 15 is 0 Å². The Bertz CT molecular complexity index is 607. The Morgan fingerprint density at radius 2 is 2.00 bits per heavy atom. The molecule has 0 radical (unpaired) electrons. The Hall–Kier alpha value is -1.75. The number of para-hydroxylation sites is 1. The number of nitrogens with two attached hydrogens (primary N) is 1. The average Bonchev–Trinajstić information content (AvgIpc) is 2.83. The zero-order valence-electron chi connectivity index (χ0n) is 11.5. The molecule has 0 atom stereocenters. The van der Waals surface area contributed by atoms with Gasteiger partial charge in [-0.2, -0.15) is 0 Å². The van der Waals surface area contributed by atoms with Gasteiger partial charge in [0, 0.05) is 18.3 Å². The highest BCUT2D eigenvalue weighted by atomic mass is 79.9. The van der Waals surface area contributed by atoms with Crippen molar-refractivity contribution in [2.24, 2.45) is 0 Å². The number of carbonyl (C=O) groups is 1. The van der Waals surface area contributed by atoms with Crippen molar-refractivity contribution in [3.05, 3.63) is 52.4 Å². The van der Waals surface area contributed by atoms with Crippen molar-refractivity contribution in [1.82, 2.24) is 4.90 Å². The van der Waals surface area contributed by atoms with Crippen LogP contribution in [0.2, 0.25) is 0 Å². The number of hydrogen-bond donors (Lipinski definition) is 1. The predicted molar refractivity (Wildman–Crippen MR) is 82.3 cm³/mol. The lowest BCUT2D eigenvalue weighted by Crippen LogP contribution is -2.36. The summed E-state index contributed by atoms with van der Waals surface area (Å²) in [5.74, 6) is 0.175. The molecule has 0 aliphatic carbocycles. The third kappa shape index (κ3) is 3.22. The number of furan rings is 1. The molecule has 0 spiro atoms. The minimum Gasteiger partial charge on any atom is -0.444 e. The van der Waals surface area contributed by atoms with Crippen LogP contribution in [-0.4, -0.2) is 16.8 Å². The Morgan fingerprint density at radius 3 is 2.55 bits per heavy atom. The van der Waals surface area contributed by atoms with Crippen molar-refractivity contribution in [2.45, 2.75) is 26.4 Å². The van der Waals surface area contributed by atoms with Crippen LogP contribution in [0.1, 0.15) is 30.0 Å². The van der Waals surface area contributed by atoms with Crippen molar-refractivity contribution in [2.75, 3.05) is 5.73 Å². The maximum atomic E-state index is 12.5. The highest BCUT2D eigenvalue weighted by Gasteiger charge is 2.22. The lowest BCUT2D eigenvalue weighted by molar-refractivity contribution is 0.0656. The summed E-state index contributed by atoms with van der Waals surface area (Å²) in [7, 11) is 0. The van der Waals surface area contributed by atoms with Gasteiger partial charge in [0.25, 0.3) is 5.91 Å². The first-order valence-electron chi connectivity index (χ1n) is 6.38. The Morgan fingerprint density at radius 1 is 1.30 bits per heavy atom. The van der Waals surface area contributed by atoms with Gasteiger partial charge in [0.1, 0.15) is 0 Å². The summed E-state index contributed by atoms with van der Waals surface area (Å²) in [6.45, 7) is 4.39. The second-order valence-electron chi connectivity index (χ2n) is 4.83. The van der Waals surface area contributed by atoms with E-state index in [1.165, 1.54) is 0 Å². The van der Waals surface area contributed by atoms with E-state index in [2.05, 4.69) is 15.9 Å². The van der Waals surface area contributed by atoms with Gasteiger partial charge in [-0.25, -0.2) is 0 Å². The van der Waals surface area contributed by atoms with Gasteiger partial charge >= 0.3 is 0 Å². The summed E-state index contributed by atoms with van der Waals surface area (Å²) in [6.07, 6.45) is 0. The highest BCUT2D eigenvalue weighted by Crippen LogP contribution is 2.20. The zero-order valence-corrected chi connectivity index (χ0v) is 13.1. The number of halogens is 1. The van der Waals surface area contributed by atoms with Gasteiger partial charge in [-0.15, -0.1) is 0 Å². The minimum atomic E-state index is -0.144. The molecule has 2 rings (SSSR count). The van der Waals surface area contributed by atoms with Crippen molar-refractivity contribution < 1.29 is 9.21 Å². The van der Waals surface area contributed by atoms with E-state index in [-0.39, 0.29) is 11.9 Å². The molecule has 2 N–H and O–H groups in total. The van der Waals surface area contributed by atoms with E-state index in [9.17, 15) is 4.79 Å². The number of benzene rings is 1. The van der Waals surface area contributed by atoms with Crippen LogP contribution < -0.4 is 5.73 Å². The van der Waals surface area contributed by atoms with Crippen molar-refractivity contribution in [1.29, 1.82) is 0 Å². The van der Waals surface area contributed by atoms with Gasteiger partial charge < -0.3 is 15.1 Å². The number of nitrogens with zero attached hydrogens (tertiary/aromatic N) is 1. The van der Waals surface area contributed by atoms with Gasteiger partial charge in [0.15, 0.2) is 10.4 Å². The standard InChI is InChI=1S/C15H17BrN2O2/c1-10(2)18(9-11-5-3-4-6-12(11)17)15(19)13-7-8-14(16)20-13/h3-8,10H,9,17H2,1-2H3. The van der Waals surface area contributed by atoms with E-state index < -0.39 is 0 Å². The molecular weight excluding hydrogens is 320 g/mol. The Balaban J connectivity index is 2.24. The van der Waals surface area contributed by atoms with Gasteiger partial charge in [-0.1, -0.05) is 18.2 Å². The molecule has 1 amide bonds. The molecule has 20 heavy (non-hydrogen) atoms. The number of rotatable bonds is 4. The third-order valence-corrected chi connectivity index (χ3v) is 3.49. The summed E-state index contributed by atoms with van der Waals surface area (Å²) in [4.78, 5) is 14.2. The van der Waals surface area contributed by atoms with Crippen molar-refractivity contribution in [3.8, 4) is 0 Å². The molecule has 106 valence electrons. The van der Waals surface area contributed by atoms with Gasteiger partial charge in [-0.05, 0) is 53.5 Å². The summed E-state index contributed by atoms with van der Waals surface area (Å²) in [5.41, 5.74) is 7.56. The predicted octanol–water partition coefficient (Wildman–Crippen LogP) is 3.68. The number of amides is 1. The molecule has 0 fully saturated rings. The Labute approximate surface area is 126 Å². The molecule has 1 aromatic carbocycles. The average molecular weight is 337 g/mol. The normalized spacial score (nSPS) is 10.8. The maximum Gasteiger partial charge on any atom is 0.290 e. The summed E-state index contributed by atoms with van der Waals surface area (Å²) in [6, 6.07) is 11.0. The van der Waals surface area contributed by atoms with Crippen LogP contribution in [0, 0.1) is 0 Å². The summed E-state index contributed by atoms with van der Waals surface area (Å²) >= 11 is 3.21. The molecule has 2 aromatic rings. The van der Waals surface area contributed by atoms with Gasteiger partial charge in [-0.3, -0.25) is 4.79 Å². The van der Waals surface area contributed by atoms with E-state index in [1.807, 2.05) is 38.1 Å². The van der Waals surface area contributed by atoms with E-state index in [1.54, 1.807) is 17.0 Å². The van der Waals surface area contributed by atoms with Crippen LogP contribution in [0.3, 0.4) is 0 Å². The summed E-state index contributed by atoms with van der Waals surface area (Å²) < 4.78 is 5.88. The molecule has 4 nitrogen and oxygen atoms in total. The van der Waals surface area contributed by atoms with E-state index in [0.717, 1.165) is 5.56 Å². The Kier molecular flexibility index (Phi) is 4.49. The molecule has 0 unspecified atom stereocenters. The van der Waals surface area contributed by atoms with E-state index in [0.29, 0.717) is 22.7 Å². The molecule has 0 saturated carbocycles. The van der Waals surface area contributed by atoms with Gasteiger partial charge in [0.05, 0.1) is 0 Å². The first-order chi connectivity index (χ1) is 9.49. The number of nitrogen functional groups attached to an aromatic ring is 1. The lowest BCUT2D eigenvalue weighted by atomic mass is 10.1. The fourth-order valence-corrected chi connectivity index (χ4v) is 2.23. The molecular formula is C15H17BrN2O2. The number of anilines is 1. The second-order valence-corrected chi connectivity index (χ2v) is 5.61. The molecule has 0 aliphatic heterocycles. The van der Waals surface area contributed by atoms with Crippen molar-refractivity contribution in [3.63, 3.8) is 0 Å². The minimum absolute atomic E-state index is 0.0472. The fraction of sp³-hybridized carbons (Fsp3) is 0.267. The quantitative estimate of drug-likeness (QED) is 0.866. The topological polar surface area (TPSA) is 59.5 Å². The van der Waals surface area contributed by atoms with Crippen molar-refractivity contribution >= 4 is 27.5 Å². The van der Waals surface area contributed by atoms with Crippen LogP contribution in [0.4, 0.5) is 5.69 Å². The molecule has 0 aliphatic rings. The zero-order chi connectivity index (χ0) is 14.7. The first kappa shape index (κ1) is 14.7. The van der Waals surface area contributed by atoms with E-state index in [4.69, 9.17) is 10.2 Å². The van der Waals surface area contributed by atoms with Crippen LogP contribution in [-0.2, 0) is 6.54 Å². The summed E-state index contributed by atoms with van der Waals surface area (Å²) in [5, 5.41) is 0. The molecule has 0 bridgehead atoms. The fourth-order valence-electron chi connectivity index (χ4n) is 1.92. The lowest BCUT2D eigenvalue weighted by Gasteiger charge is -2.26. The van der Waals surface area contributed by atoms with Crippen LogP contribution in [0.5, 0.6) is 0 Å². The van der Waals surface area contributed by atoms with Gasteiger partial charge in [0.2, 0.25) is 0 Å². The monoisotopic (exact) mass is 336 g/mol.